The third-order valence-corrected chi connectivity index (χ3v) is 3.36. The van der Waals surface area contributed by atoms with Crippen LogP contribution >= 0.6 is 11.6 Å². The molecule has 0 aromatic heterocycles. The van der Waals surface area contributed by atoms with Crippen LogP contribution in [0.4, 0.5) is 0 Å². The molecule has 1 fully saturated rings. The summed E-state index contributed by atoms with van der Waals surface area (Å²) in [4.78, 5) is 0. The molecule has 0 spiro atoms. The highest BCUT2D eigenvalue weighted by molar-refractivity contribution is 6.33. The number of hydrogen-bond donors (Lipinski definition) is 1. The van der Waals surface area contributed by atoms with Crippen molar-refractivity contribution in [1.29, 1.82) is 0 Å². The van der Waals surface area contributed by atoms with E-state index in [2.05, 4.69) is 0 Å². The van der Waals surface area contributed by atoms with Gasteiger partial charge < -0.3 is 15.2 Å². The molecular formula is C12H16ClNO2. The molecule has 1 aliphatic rings. The first-order valence-electron chi connectivity index (χ1n) is 5.35. The highest BCUT2D eigenvalue weighted by Gasteiger charge is 2.32. The van der Waals surface area contributed by atoms with Crippen molar-refractivity contribution in [2.24, 2.45) is 11.7 Å². The van der Waals surface area contributed by atoms with Crippen LogP contribution in [0.15, 0.2) is 12.1 Å². The van der Waals surface area contributed by atoms with E-state index in [-0.39, 0.29) is 6.04 Å². The summed E-state index contributed by atoms with van der Waals surface area (Å²) in [5.74, 6) is 1.82. The first kappa shape index (κ1) is 11.6. The summed E-state index contributed by atoms with van der Waals surface area (Å²) in [6.45, 7) is 0. The number of benzene rings is 1. The molecule has 1 saturated carbocycles. The van der Waals surface area contributed by atoms with Crippen molar-refractivity contribution in [2.75, 3.05) is 14.2 Å². The van der Waals surface area contributed by atoms with Crippen molar-refractivity contribution in [3.05, 3.63) is 22.7 Å². The van der Waals surface area contributed by atoms with Gasteiger partial charge in [0.2, 0.25) is 0 Å². The van der Waals surface area contributed by atoms with E-state index in [1.807, 2.05) is 12.1 Å². The molecule has 16 heavy (non-hydrogen) atoms. The van der Waals surface area contributed by atoms with Gasteiger partial charge in [0, 0.05) is 11.6 Å². The number of hydrogen-bond acceptors (Lipinski definition) is 3. The van der Waals surface area contributed by atoms with Gasteiger partial charge in [0.1, 0.15) is 16.5 Å². The van der Waals surface area contributed by atoms with E-state index in [0.717, 1.165) is 5.56 Å². The average molecular weight is 242 g/mol. The maximum absolute atomic E-state index is 6.18. The highest BCUT2D eigenvalue weighted by atomic mass is 35.5. The Balaban J connectivity index is 2.40. The molecule has 0 amide bonds. The van der Waals surface area contributed by atoms with Crippen LogP contribution in [0.1, 0.15) is 24.4 Å². The Hall–Kier alpha value is -0.930. The van der Waals surface area contributed by atoms with E-state index < -0.39 is 0 Å². The van der Waals surface area contributed by atoms with Crippen LogP contribution in [0.25, 0.3) is 0 Å². The lowest BCUT2D eigenvalue weighted by molar-refractivity contribution is 0.387. The molecule has 3 nitrogen and oxygen atoms in total. The molecule has 4 heteroatoms. The van der Waals surface area contributed by atoms with Crippen LogP contribution in [-0.4, -0.2) is 14.2 Å². The summed E-state index contributed by atoms with van der Waals surface area (Å²) in [5, 5.41) is 0.499. The van der Waals surface area contributed by atoms with Crippen LogP contribution < -0.4 is 15.2 Å². The summed E-state index contributed by atoms with van der Waals surface area (Å²) in [7, 11) is 3.19. The minimum atomic E-state index is 0.0124. The maximum Gasteiger partial charge on any atom is 0.146 e. The second kappa shape index (κ2) is 4.52. The lowest BCUT2D eigenvalue weighted by atomic mass is 10.0. The van der Waals surface area contributed by atoms with Crippen LogP contribution in [-0.2, 0) is 0 Å². The fraction of sp³-hybridized carbons (Fsp3) is 0.500. The van der Waals surface area contributed by atoms with Crippen molar-refractivity contribution in [3.63, 3.8) is 0 Å². The molecule has 1 unspecified atom stereocenters. The Morgan fingerprint density at radius 2 is 2.00 bits per heavy atom. The van der Waals surface area contributed by atoms with Gasteiger partial charge in [-0.15, -0.1) is 0 Å². The van der Waals surface area contributed by atoms with Crippen LogP contribution in [0.2, 0.25) is 5.02 Å². The lowest BCUT2D eigenvalue weighted by Gasteiger charge is -2.17. The molecule has 1 atom stereocenters. The van der Waals surface area contributed by atoms with Crippen molar-refractivity contribution in [3.8, 4) is 11.5 Å². The van der Waals surface area contributed by atoms with Gasteiger partial charge in [-0.05, 0) is 30.9 Å². The SMILES string of the molecule is COc1ccc(C(N)C2CC2)c(OC)c1Cl. The minimum absolute atomic E-state index is 0.0124. The van der Waals surface area contributed by atoms with Crippen LogP contribution in [0.3, 0.4) is 0 Å². The number of rotatable bonds is 4. The fourth-order valence-corrected chi connectivity index (χ4v) is 2.22. The first-order valence-corrected chi connectivity index (χ1v) is 5.72. The lowest BCUT2D eigenvalue weighted by Crippen LogP contribution is -2.13. The maximum atomic E-state index is 6.18. The number of halogens is 1. The van der Waals surface area contributed by atoms with Gasteiger partial charge >= 0.3 is 0 Å². The Morgan fingerprint density at radius 3 is 2.50 bits per heavy atom. The summed E-state index contributed by atoms with van der Waals surface area (Å²) >= 11 is 6.18. The Labute approximate surface area is 100 Å². The van der Waals surface area contributed by atoms with Crippen molar-refractivity contribution >= 4 is 11.6 Å². The predicted octanol–water partition coefficient (Wildman–Crippen LogP) is 2.77. The number of methoxy groups -OCH3 is 2. The first-order chi connectivity index (χ1) is 7.69. The molecule has 0 bridgehead atoms. The average Bonchev–Trinajstić information content (AvgIpc) is 3.11. The topological polar surface area (TPSA) is 44.5 Å². The van der Waals surface area contributed by atoms with Gasteiger partial charge in [0.05, 0.1) is 14.2 Å². The van der Waals surface area contributed by atoms with E-state index in [1.54, 1.807) is 14.2 Å². The number of nitrogens with two attached hydrogens (primary N) is 1. The second-order valence-electron chi connectivity index (χ2n) is 4.07. The molecule has 0 heterocycles. The molecule has 1 aliphatic carbocycles. The Kier molecular flexibility index (Phi) is 3.26. The zero-order valence-electron chi connectivity index (χ0n) is 9.50. The number of ether oxygens (including phenoxy) is 2. The standard InChI is InChI=1S/C12H16ClNO2/c1-15-9-6-5-8(11(14)7-3-4-7)12(16-2)10(9)13/h5-7,11H,3-4,14H2,1-2H3. The predicted molar refractivity (Wildman–Crippen MR) is 64.2 cm³/mol. The molecule has 2 N–H and O–H groups in total. The van der Waals surface area contributed by atoms with E-state index in [4.69, 9.17) is 26.8 Å². The molecule has 2 rings (SSSR count). The minimum Gasteiger partial charge on any atom is -0.495 e. The molecule has 0 radical (unpaired) electrons. The molecule has 0 aliphatic heterocycles. The monoisotopic (exact) mass is 241 g/mol. The molecule has 0 saturated heterocycles. The fourth-order valence-electron chi connectivity index (χ4n) is 1.89. The third-order valence-electron chi connectivity index (χ3n) is 3.01. The van der Waals surface area contributed by atoms with Crippen molar-refractivity contribution in [2.45, 2.75) is 18.9 Å². The van der Waals surface area contributed by atoms with Crippen LogP contribution in [0, 0.1) is 5.92 Å². The van der Waals surface area contributed by atoms with Gasteiger partial charge in [-0.3, -0.25) is 0 Å². The largest absolute Gasteiger partial charge is 0.495 e. The Bertz CT molecular complexity index is 391. The van der Waals surface area contributed by atoms with Gasteiger partial charge in [0.15, 0.2) is 0 Å². The van der Waals surface area contributed by atoms with Gasteiger partial charge in [-0.25, -0.2) is 0 Å². The smallest absolute Gasteiger partial charge is 0.146 e. The van der Waals surface area contributed by atoms with Gasteiger partial charge in [0.25, 0.3) is 0 Å². The molecule has 88 valence electrons. The summed E-state index contributed by atoms with van der Waals surface area (Å²) < 4.78 is 10.5. The summed E-state index contributed by atoms with van der Waals surface area (Å²) in [6.07, 6.45) is 2.38. The van der Waals surface area contributed by atoms with E-state index in [1.165, 1.54) is 12.8 Å². The normalized spacial score (nSPS) is 17.0. The van der Waals surface area contributed by atoms with Gasteiger partial charge in [-0.2, -0.15) is 0 Å². The molecule has 1 aromatic carbocycles. The van der Waals surface area contributed by atoms with Gasteiger partial charge in [-0.1, -0.05) is 11.6 Å². The third kappa shape index (κ3) is 1.97. The summed E-state index contributed by atoms with van der Waals surface area (Å²) in [6, 6.07) is 3.79. The molecule has 1 aromatic rings. The van der Waals surface area contributed by atoms with E-state index in [0.29, 0.717) is 22.4 Å². The van der Waals surface area contributed by atoms with Crippen molar-refractivity contribution < 1.29 is 9.47 Å². The molecular weight excluding hydrogens is 226 g/mol. The highest BCUT2D eigenvalue weighted by Crippen LogP contribution is 2.45. The zero-order valence-corrected chi connectivity index (χ0v) is 10.3. The van der Waals surface area contributed by atoms with E-state index in [9.17, 15) is 0 Å². The second-order valence-corrected chi connectivity index (χ2v) is 4.45. The summed E-state index contributed by atoms with van der Waals surface area (Å²) in [5.41, 5.74) is 7.13. The quantitative estimate of drug-likeness (QED) is 0.882. The van der Waals surface area contributed by atoms with Crippen LogP contribution in [0.5, 0.6) is 11.5 Å². The van der Waals surface area contributed by atoms with E-state index >= 15 is 0 Å². The van der Waals surface area contributed by atoms with Crippen molar-refractivity contribution in [1.82, 2.24) is 0 Å². The Morgan fingerprint density at radius 1 is 1.31 bits per heavy atom. The zero-order chi connectivity index (χ0) is 11.7.